The van der Waals surface area contributed by atoms with E-state index in [0.29, 0.717) is 11.6 Å². The third kappa shape index (κ3) is 2.69. The number of aromatic carboxylic acids is 1. The second-order valence-corrected chi connectivity index (χ2v) is 5.68. The molecule has 0 aromatic heterocycles. The highest BCUT2D eigenvalue weighted by Crippen LogP contribution is 2.31. The molecule has 0 radical (unpaired) electrons. The monoisotopic (exact) mass is 291 g/mol. The Morgan fingerprint density at radius 2 is 2.10 bits per heavy atom. The van der Waals surface area contributed by atoms with Crippen LogP contribution in [0.4, 0.5) is 11.4 Å². The number of hydrogen-bond acceptors (Lipinski definition) is 5. The zero-order valence-electron chi connectivity index (χ0n) is 11.5. The van der Waals surface area contributed by atoms with Gasteiger partial charge in [0, 0.05) is 24.3 Å². The third-order valence-corrected chi connectivity index (χ3v) is 4.43. The van der Waals surface area contributed by atoms with E-state index >= 15 is 0 Å². The van der Waals surface area contributed by atoms with E-state index in [1.165, 1.54) is 12.1 Å². The van der Waals surface area contributed by atoms with Crippen molar-refractivity contribution in [3.05, 3.63) is 33.9 Å². The molecule has 7 heteroatoms. The lowest BCUT2D eigenvalue weighted by atomic mass is 9.84. The van der Waals surface area contributed by atoms with Crippen LogP contribution in [0.3, 0.4) is 0 Å². The van der Waals surface area contributed by atoms with Crippen LogP contribution < -0.4 is 5.32 Å². The second kappa shape index (κ2) is 5.33. The van der Waals surface area contributed by atoms with Crippen LogP contribution in [0.2, 0.25) is 0 Å². The van der Waals surface area contributed by atoms with Crippen molar-refractivity contribution in [2.75, 3.05) is 25.0 Å². The van der Waals surface area contributed by atoms with Crippen LogP contribution >= 0.6 is 0 Å². The number of carboxylic acid groups (broad SMARTS) is 1. The van der Waals surface area contributed by atoms with Crippen LogP contribution in [0.5, 0.6) is 0 Å². The number of carbonyl (C=O) groups is 1. The third-order valence-electron chi connectivity index (χ3n) is 4.43. The fourth-order valence-corrected chi connectivity index (χ4v) is 3.30. The van der Waals surface area contributed by atoms with Crippen molar-refractivity contribution in [2.45, 2.75) is 18.9 Å². The Labute approximate surface area is 121 Å². The van der Waals surface area contributed by atoms with Crippen LogP contribution in [0.25, 0.3) is 0 Å². The number of carboxylic acids is 1. The maximum Gasteiger partial charge on any atom is 0.342 e. The first-order valence-electron chi connectivity index (χ1n) is 7.05. The Morgan fingerprint density at radius 3 is 2.62 bits per heavy atom. The smallest absolute Gasteiger partial charge is 0.342 e. The molecule has 3 aliphatic heterocycles. The summed E-state index contributed by atoms with van der Waals surface area (Å²) >= 11 is 0. The van der Waals surface area contributed by atoms with Gasteiger partial charge < -0.3 is 15.3 Å². The van der Waals surface area contributed by atoms with Gasteiger partial charge in [0.25, 0.3) is 5.69 Å². The lowest BCUT2D eigenvalue weighted by Gasteiger charge is -2.45. The number of anilines is 1. The van der Waals surface area contributed by atoms with Crippen LogP contribution in [0.1, 0.15) is 23.2 Å². The van der Waals surface area contributed by atoms with Crippen molar-refractivity contribution >= 4 is 17.3 Å². The molecule has 112 valence electrons. The van der Waals surface area contributed by atoms with E-state index in [0.717, 1.165) is 32.5 Å². The summed E-state index contributed by atoms with van der Waals surface area (Å²) in [5.74, 6) is -0.690. The van der Waals surface area contributed by atoms with Crippen molar-refractivity contribution in [1.82, 2.24) is 4.90 Å². The van der Waals surface area contributed by atoms with E-state index < -0.39 is 10.9 Å². The van der Waals surface area contributed by atoms with Gasteiger partial charge in [0.05, 0.1) is 4.92 Å². The number of nitrogens with one attached hydrogen (secondary N) is 1. The fraction of sp³-hybridized carbons (Fsp3) is 0.500. The molecule has 2 N–H and O–H groups in total. The van der Waals surface area contributed by atoms with Crippen LogP contribution in [0.15, 0.2) is 18.2 Å². The van der Waals surface area contributed by atoms with Gasteiger partial charge in [0.2, 0.25) is 0 Å². The van der Waals surface area contributed by atoms with Crippen LogP contribution in [-0.2, 0) is 0 Å². The molecule has 1 unspecified atom stereocenters. The summed E-state index contributed by atoms with van der Waals surface area (Å²) in [4.78, 5) is 23.7. The quantitative estimate of drug-likeness (QED) is 0.648. The minimum atomic E-state index is -1.28. The predicted molar refractivity (Wildman–Crippen MR) is 76.6 cm³/mol. The van der Waals surface area contributed by atoms with Gasteiger partial charge in [0.1, 0.15) is 5.56 Å². The first-order chi connectivity index (χ1) is 10.0. The Kier molecular flexibility index (Phi) is 3.50. The summed E-state index contributed by atoms with van der Waals surface area (Å²) in [6.07, 6.45) is 2.29. The molecule has 1 atom stereocenters. The standard InChI is InChI=1S/C14H17N3O4/c18-14(19)11-2-1-10(7-13(11)17(20)21)15-12-8-16-5-3-9(12)4-6-16/h1-2,7,9,12,15H,3-6,8H2,(H,18,19). The number of rotatable bonds is 4. The minimum Gasteiger partial charge on any atom is -0.477 e. The van der Waals surface area contributed by atoms with Gasteiger partial charge in [-0.15, -0.1) is 0 Å². The lowest BCUT2D eigenvalue weighted by molar-refractivity contribution is -0.385. The molecular weight excluding hydrogens is 274 g/mol. The first-order valence-corrected chi connectivity index (χ1v) is 7.05. The van der Waals surface area contributed by atoms with Crippen molar-refractivity contribution in [3.63, 3.8) is 0 Å². The Balaban J connectivity index is 1.81. The summed E-state index contributed by atoms with van der Waals surface area (Å²) in [5.41, 5.74) is -0.0290. The van der Waals surface area contributed by atoms with Gasteiger partial charge in [-0.2, -0.15) is 0 Å². The van der Waals surface area contributed by atoms with Crippen molar-refractivity contribution in [3.8, 4) is 0 Å². The Bertz CT molecular complexity index is 582. The lowest BCUT2D eigenvalue weighted by Crippen LogP contribution is -2.53. The topological polar surface area (TPSA) is 95.7 Å². The van der Waals surface area contributed by atoms with E-state index in [-0.39, 0.29) is 17.3 Å². The molecule has 3 saturated heterocycles. The first kappa shape index (κ1) is 13.8. The van der Waals surface area contributed by atoms with E-state index in [4.69, 9.17) is 5.11 Å². The molecule has 0 spiro atoms. The zero-order valence-corrected chi connectivity index (χ0v) is 11.5. The number of benzene rings is 1. The molecule has 0 amide bonds. The van der Waals surface area contributed by atoms with Crippen LogP contribution in [-0.4, -0.2) is 46.6 Å². The molecule has 4 rings (SSSR count). The molecule has 7 nitrogen and oxygen atoms in total. The van der Waals surface area contributed by atoms with E-state index in [1.807, 2.05) is 0 Å². The molecule has 1 aromatic rings. The maximum absolute atomic E-state index is 11.0. The van der Waals surface area contributed by atoms with Gasteiger partial charge in [-0.25, -0.2) is 4.79 Å². The predicted octanol–water partition coefficient (Wildman–Crippen LogP) is 1.80. The number of nitro benzene ring substituents is 1. The summed E-state index contributed by atoms with van der Waals surface area (Å²) in [7, 11) is 0. The van der Waals surface area contributed by atoms with Gasteiger partial charge in [-0.3, -0.25) is 10.1 Å². The SMILES string of the molecule is O=C(O)c1ccc(NC2CN3CCC2CC3)cc1[N+](=O)[O-]. The molecule has 21 heavy (non-hydrogen) atoms. The minimum absolute atomic E-state index is 0.278. The van der Waals surface area contributed by atoms with E-state index in [1.54, 1.807) is 6.07 Å². The number of fused-ring (bicyclic) bond motifs is 3. The zero-order chi connectivity index (χ0) is 15.0. The summed E-state index contributed by atoms with van der Waals surface area (Å²) in [6.45, 7) is 3.20. The average Bonchev–Trinajstić information content (AvgIpc) is 2.48. The van der Waals surface area contributed by atoms with E-state index in [9.17, 15) is 14.9 Å². The fourth-order valence-electron chi connectivity index (χ4n) is 3.30. The highest BCUT2D eigenvalue weighted by molar-refractivity contribution is 5.93. The second-order valence-electron chi connectivity index (χ2n) is 5.68. The number of hydrogen-bond donors (Lipinski definition) is 2. The molecule has 3 fully saturated rings. The number of nitro groups is 1. The molecule has 2 bridgehead atoms. The summed E-state index contributed by atoms with van der Waals surface area (Å²) in [5, 5.41) is 23.3. The van der Waals surface area contributed by atoms with Gasteiger partial charge in [-0.05, 0) is 44.0 Å². The molecular formula is C14H17N3O4. The van der Waals surface area contributed by atoms with Crippen molar-refractivity contribution < 1.29 is 14.8 Å². The Morgan fingerprint density at radius 1 is 1.38 bits per heavy atom. The van der Waals surface area contributed by atoms with Gasteiger partial charge in [-0.1, -0.05) is 0 Å². The molecule has 3 aliphatic rings. The average molecular weight is 291 g/mol. The largest absolute Gasteiger partial charge is 0.477 e. The van der Waals surface area contributed by atoms with Gasteiger partial charge >= 0.3 is 5.97 Å². The maximum atomic E-state index is 11.0. The molecule has 0 aliphatic carbocycles. The van der Waals surface area contributed by atoms with E-state index in [2.05, 4.69) is 10.2 Å². The summed E-state index contributed by atoms with van der Waals surface area (Å²) in [6, 6.07) is 4.50. The molecule has 1 aromatic carbocycles. The van der Waals surface area contributed by atoms with Crippen molar-refractivity contribution in [2.24, 2.45) is 5.92 Å². The highest BCUT2D eigenvalue weighted by atomic mass is 16.6. The van der Waals surface area contributed by atoms with Gasteiger partial charge in [0.15, 0.2) is 0 Å². The number of piperidine rings is 3. The van der Waals surface area contributed by atoms with Crippen LogP contribution in [0, 0.1) is 16.0 Å². The molecule has 3 heterocycles. The normalized spacial score (nSPS) is 27.3. The highest BCUT2D eigenvalue weighted by Gasteiger charge is 2.34. The number of nitrogens with zero attached hydrogens (tertiary/aromatic N) is 2. The Hall–Kier alpha value is -2.15. The summed E-state index contributed by atoms with van der Waals surface area (Å²) < 4.78 is 0. The molecule has 0 saturated carbocycles. The van der Waals surface area contributed by atoms with Crippen molar-refractivity contribution in [1.29, 1.82) is 0 Å².